The van der Waals surface area contributed by atoms with Crippen LogP contribution < -0.4 is 16.8 Å². The van der Waals surface area contributed by atoms with E-state index in [2.05, 4.69) is 10.3 Å². The Balaban J connectivity index is 1.82. The summed E-state index contributed by atoms with van der Waals surface area (Å²) in [5.41, 5.74) is 8.34. The number of amides is 2. The highest BCUT2D eigenvalue weighted by atomic mass is 16.6. The quantitative estimate of drug-likeness (QED) is 0.201. The lowest BCUT2D eigenvalue weighted by atomic mass is 9.84. The Morgan fingerprint density at radius 2 is 1.79 bits per heavy atom. The maximum Gasteiger partial charge on any atom is 0.351 e. The molecule has 3 rings (SSSR count). The zero-order chi connectivity index (χ0) is 28.8. The SMILES string of the molecule is CC(C)(C)OC(=O)C1(OC(=O)C[C@@]2(C(=O)NCc3ccc(C(=N)N)nc3)CCCN2C(=O)CN)CCCCC1. The fourth-order valence-electron chi connectivity index (χ4n) is 5.22. The normalized spacial score (nSPS) is 20.7. The van der Waals surface area contributed by atoms with E-state index in [9.17, 15) is 19.2 Å². The molecule has 0 unspecified atom stereocenters. The van der Waals surface area contributed by atoms with Crippen molar-refractivity contribution in [1.29, 1.82) is 5.41 Å². The van der Waals surface area contributed by atoms with Gasteiger partial charge in [-0.1, -0.05) is 12.5 Å². The molecule has 0 bridgehead atoms. The summed E-state index contributed by atoms with van der Waals surface area (Å²) in [7, 11) is 0. The highest BCUT2D eigenvalue weighted by molar-refractivity contribution is 5.96. The average molecular weight is 545 g/mol. The third-order valence-corrected chi connectivity index (χ3v) is 7.12. The van der Waals surface area contributed by atoms with Gasteiger partial charge in [0.15, 0.2) is 0 Å². The molecule has 2 aliphatic rings. The number of hydrogen-bond acceptors (Lipinski definition) is 9. The van der Waals surface area contributed by atoms with Crippen LogP contribution in [0.5, 0.6) is 0 Å². The van der Waals surface area contributed by atoms with Gasteiger partial charge in [-0.15, -0.1) is 0 Å². The molecule has 0 aromatic carbocycles. The number of hydrogen-bond donors (Lipinski definition) is 4. The molecule has 12 nitrogen and oxygen atoms in total. The summed E-state index contributed by atoms with van der Waals surface area (Å²) in [5, 5.41) is 10.3. The predicted octanol–water partition coefficient (Wildman–Crippen LogP) is 1.28. The van der Waals surface area contributed by atoms with E-state index in [4.69, 9.17) is 26.4 Å². The van der Waals surface area contributed by atoms with E-state index in [1.54, 1.807) is 32.9 Å². The molecule has 2 amide bonds. The first kappa shape index (κ1) is 30.0. The lowest BCUT2D eigenvalue weighted by Crippen LogP contribution is -2.60. The minimum absolute atomic E-state index is 0.0767. The number of rotatable bonds is 9. The van der Waals surface area contributed by atoms with Crippen molar-refractivity contribution in [3.05, 3.63) is 29.6 Å². The molecule has 0 radical (unpaired) electrons. The van der Waals surface area contributed by atoms with Crippen LogP contribution in [-0.2, 0) is 35.2 Å². The molecule has 1 aliphatic heterocycles. The molecular weight excluding hydrogens is 504 g/mol. The summed E-state index contributed by atoms with van der Waals surface area (Å²) < 4.78 is 11.5. The van der Waals surface area contributed by atoms with Crippen LogP contribution in [0.1, 0.15) is 83.4 Å². The lowest BCUT2D eigenvalue weighted by molar-refractivity contribution is -0.196. The maximum absolute atomic E-state index is 13.7. The number of carbonyl (C=O) groups is 4. The third-order valence-electron chi connectivity index (χ3n) is 7.12. The van der Waals surface area contributed by atoms with Crippen molar-refractivity contribution in [2.45, 2.75) is 95.4 Å². The third kappa shape index (κ3) is 7.11. The number of amidine groups is 1. The van der Waals surface area contributed by atoms with Crippen molar-refractivity contribution in [3.63, 3.8) is 0 Å². The first-order chi connectivity index (χ1) is 18.3. The second-order valence-corrected chi connectivity index (χ2v) is 11.2. The van der Waals surface area contributed by atoms with Gasteiger partial charge < -0.3 is 31.2 Å². The zero-order valence-electron chi connectivity index (χ0n) is 23.0. The van der Waals surface area contributed by atoms with Crippen LogP contribution in [0.3, 0.4) is 0 Å². The summed E-state index contributed by atoms with van der Waals surface area (Å²) in [6.07, 6.45) is 4.79. The molecular formula is C27H40N6O6. The van der Waals surface area contributed by atoms with Crippen molar-refractivity contribution in [2.24, 2.45) is 11.5 Å². The first-order valence-electron chi connectivity index (χ1n) is 13.4. The van der Waals surface area contributed by atoms with Crippen molar-refractivity contribution >= 4 is 29.6 Å². The number of nitrogens with two attached hydrogens (primary N) is 2. The van der Waals surface area contributed by atoms with Gasteiger partial charge in [0.2, 0.25) is 17.4 Å². The minimum atomic E-state index is -1.51. The molecule has 2 fully saturated rings. The van der Waals surface area contributed by atoms with Gasteiger partial charge in [-0.25, -0.2) is 4.79 Å². The standard InChI is InChI=1S/C27H40N6O6/c1-25(2,3)39-24(37)27(11-5-4-6-12-27)38-21(35)14-26(10-7-13-33(26)20(34)15-28)23(36)32-17-18-8-9-19(22(29)30)31-16-18/h8-9,16H,4-7,10-15,17,28H2,1-3H3,(H3,29,30)(H,32,36)/t26-/m1/s1. The molecule has 12 heteroatoms. The number of nitrogens with zero attached hydrogens (tertiary/aromatic N) is 2. The summed E-state index contributed by atoms with van der Waals surface area (Å²) in [6.45, 7) is 5.28. The van der Waals surface area contributed by atoms with Crippen LogP contribution in [0.15, 0.2) is 18.3 Å². The number of nitrogen functional groups attached to an aromatic ring is 1. The second kappa shape index (κ2) is 12.1. The van der Waals surface area contributed by atoms with Crippen molar-refractivity contribution in [1.82, 2.24) is 15.2 Å². The largest absolute Gasteiger partial charge is 0.457 e. The zero-order valence-corrected chi connectivity index (χ0v) is 23.0. The van der Waals surface area contributed by atoms with E-state index in [-0.39, 0.29) is 31.9 Å². The molecule has 1 saturated heterocycles. The number of pyridine rings is 1. The monoisotopic (exact) mass is 544 g/mol. The van der Waals surface area contributed by atoms with Crippen LogP contribution in [0, 0.1) is 5.41 Å². The van der Waals surface area contributed by atoms with Gasteiger partial charge in [0.1, 0.15) is 22.7 Å². The first-order valence-corrected chi connectivity index (χ1v) is 13.4. The van der Waals surface area contributed by atoms with E-state index in [1.807, 2.05) is 0 Å². The van der Waals surface area contributed by atoms with Crippen LogP contribution in [0.25, 0.3) is 0 Å². The van der Waals surface area contributed by atoms with Gasteiger partial charge >= 0.3 is 11.9 Å². The molecule has 39 heavy (non-hydrogen) atoms. The number of ether oxygens (including phenoxy) is 2. The Bertz CT molecular complexity index is 1090. The summed E-state index contributed by atoms with van der Waals surface area (Å²) >= 11 is 0. The van der Waals surface area contributed by atoms with Gasteiger partial charge in [0.05, 0.1) is 13.0 Å². The van der Waals surface area contributed by atoms with E-state index in [0.717, 1.165) is 6.42 Å². The molecule has 1 aromatic rings. The molecule has 1 aliphatic carbocycles. The molecule has 1 atom stereocenters. The topological polar surface area (TPSA) is 191 Å². The molecule has 1 saturated carbocycles. The predicted molar refractivity (Wildman–Crippen MR) is 142 cm³/mol. The Morgan fingerprint density at radius 3 is 2.36 bits per heavy atom. The number of nitrogens with one attached hydrogen (secondary N) is 2. The summed E-state index contributed by atoms with van der Waals surface area (Å²) in [6, 6.07) is 3.24. The fraction of sp³-hybridized carbons (Fsp3) is 0.630. The van der Waals surface area contributed by atoms with Gasteiger partial charge in [-0.2, -0.15) is 0 Å². The van der Waals surface area contributed by atoms with E-state index in [1.165, 1.54) is 11.1 Å². The van der Waals surface area contributed by atoms with Crippen LogP contribution in [0.2, 0.25) is 0 Å². The summed E-state index contributed by atoms with van der Waals surface area (Å²) in [5.74, 6) is -2.50. The van der Waals surface area contributed by atoms with E-state index >= 15 is 0 Å². The molecule has 0 spiro atoms. The van der Waals surface area contributed by atoms with Crippen molar-refractivity contribution in [3.8, 4) is 0 Å². The maximum atomic E-state index is 13.7. The highest BCUT2D eigenvalue weighted by Crippen LogP contribution is 2.38. The molecule has 214 valence electrons. The number of carbonyl (C=O) groups excluding carboxylic acids is 4. The smallest absolute Gasteiger partial charge is 0.351 e. The van der Waals surface area contributed by atoms with Crippen molar-refractivity contribution < 1.29 is 28.7 Å². The number of esters is 2. The Labute approximate surface area is 228 Å². The molecule has 6 N–H and O–H groups in total. The summed E-state index contributed by atoms with van der Waals surface area (Å²) in [4.78, 5) is 58.5. The highest BCUT2D eigenvalue weighted by Gasteiger charge is 2.53. The number of likely N-dealkylation sites (tertiary alicyclic amines) is 1. The average Bonchev–Trinajstić information content (AvgIpc) is 3.31. The minimum Gasteiger partial charge on any atom is -0.457 e. The molecule has 2 heterocycles. The van der Waals surface area contributed by atoms with Gasteiger partial charge in [0, 0.05) is 19.3 Å². The van der Waals surface area contributed by atoms with Crippen molar-refractivity contribution in [2.75, 3.05) is 13.1 Å². The van der Waals surface area contributed by atoms with E-state index in [0.29, 0.717) is 43.4 Å². The van der Waals surface area contributed by atoms with Gasteiger partial charge in [0.25, 0.3) is 0 Å². The van der Waals surface area contributed by atoms with Gasteiger partial charge in [-0.05, 0) is 70.9 Å². The second-order valence-electron chi connectivity index (χ2n) is 11.2. The fourth-order valence-corrected chi connectivity index (χ4v) is 5.22. The van der Waals surface area contributed by atoms with Gasteiger partial charge in [-0.3, -0.25) is 24.8 Å². The van der Waals surface area contributed by atoms with Crippen LogP contribution in [-0.4, -0.2) is 69.3 Å². The Kier molecular flexibility index (Phi) is 9.31. The van der Waals surface area contributed by atoms with E-state index < -0.39 is 46.9 Å². The van der Waals surface area contributed by atoms with Crippen LogP contribution >= 0.6 is 0 Å². The number of aromatic nitrogens is 1. The molecule has 1 aromatic heterocycles. The Morgan fingerprint density at radius 1 is 1.10 bits per heavy atom. The Hall–Kier alpha value is -3.54. The van der Waals surface area contributed by atoms with Crippen LogP contribution in [0.4, 0.5) is 0 Å². The lowest BCUT2D eigenvalue weighted by Gasteiger charge is -2.39.